The molecule has 2 fully saturated rings. The molecule has 0 amide bonds. The third kappa shape index (κ3) is 3.97. The second kappa shape index (κ2) is 7.78. The molecule has 0 aromatic carbocycles. The molecule has 2 saturated heterocycles. The molecule has 2 heterocycles. The number of thioether (sulfide) groups is 1. The van der Waals surface area contributed by atoms with Gasteiger partial charge in [-0.05, 0) is 51.0 Å². The van der Waals surface area contributed by atoms with Gasteiger partial charge in [-0.2, -0.15) is 11.8 Å². The molecule has 4 nitrogen and oxygen atoms in total. The molecular formula is C15H26O4S. The third-order valence-electron chi connectivity index (χ3n) is 4.17. The molecule has 0 saturated carbocycles. The maximum atomic E-state index is 12.6. The molecule has 0 bridgehead atoms. The third-order valence-corrected chi connectivity index (χ3v) is 5.15. The summed E-state index contributed by atoms with van der Waals surface area (Å²) in [6.07, 6.45) is 3.07. The van der Waals surface area contributed by atoms with Crippen LogP contribution in [0, 0.1) is 5.92 Å². The maximum Gasteiger partial charge on any atom is 0.218 e. The van der Waals surface area contributed by atoms with Crippen molar-refractivity contribution >= 4 is 17.5 Å². The van der Waals surface area contributed by atoms with Crippen LogP contribution in [0.1, 0.15) is 39.5 Å². The number of Topliss-reactive ketones (excluding diaryl/α,β-unsaturated/α-hetero) is 1. The second-order valence-electron chi connectivity index (χ2n) is 5.48. The van der Waals surface area contributed by atoms with E-state index in [1.165, 1.54) is 0 Å². The first kappa shape index (κ1) is 16.3. The van der Waals surface area contributed by atoms with E-state index in [9.17, 15) is 4.79 Å². The minimum absolute atomic E-state index is 0.0231. The fraction of sp³-hybridized carbons (Fsp3) is 0.933. The predicted octanol–water partition coefficient (Wildman–Crippen LogP) is 2.65. The number of carbonyl (C=O) groups excluding carboxylic acids is 1. The average Bonchev–Trinajstić information content (AvgIpc) is 2.47. The summed E-state index contributed by atoms with van der Waals surface area (Å²) in [5.74, 6) is 2.41. The Balaban J connectivity index is 1.97. The molecule has 116 valence electrons. The van der Waals surface area contributed by atoms with Crippen molar-refractivity contribution in [1.29, 1.82) is 0 Å². The molecule has 0 aromatic heterocycles. The van der Waals surface area contributed by atoms with Crippen LogP contribution in [-0.2, 0) is 19.0 Å². The highest BCUT2D eigenvalue weighted by Gasteiger charge is 2.42. The summed E-state index contributed by atoms with van der Waals surface area (Å²) in [7, 11) is 0. The van der Waals surface area contributed by atoms with E-state index in [1.807, 2.05) is 25.6 Å². The molecule has 1 unspecified atom stereocenters. The van der Waals surface area contributed by atoms with Gasteiger partial charge in [0.05, 0.1) is 5.60 Å². The molecule has 5 heteroatoms. The number of rotatable bonds is 6. The molecule has 1 atom stereocenters. The van der Waals surface area contributed by atoms with Crippen molar-refractivity contribution in [3.8, 4) is 0 Å². The smallest absolute Gasteiger partial charge is 0.218 e. The minimum atomic E-state index is -0.692. The molecule has 0 N–H and O–H groups in total. The van der Waals surface area contributed by atoms with Gasteiger partial charge < -0.3 is 14.2 Å². The van der Waals surface area contributed by atoms with Crippen LogP contribution < -0.4 is 0 Å². The zero-order chi connectivity index (χ0) is 14.4. The lowest BCUT2D eigenvalue weighted by atomic mass is 9.80. The first-order valence-electron chi connectivity index (χ1n) is 7.69. The van der Waals surface area contributed by atoms with Crippen LogP contribution in [0.3, 0.4) is 0 Å². The van der Waals surface area contributed by atoms with E-state index in [2.05, 4.69) is 0 Å². The standard InChI is InChI=1S/C15H26O4S/c1-3-17-14(18-4-2)13(16)12-5-8-19-15(11-12)6-9-20-10-7-15/h12,14H,3-11H2,1-2H3. The van der Waals surface area contributed by atoms with Crippen LogP contribution in [0.25, 0.3) is 0 Å². The number of carbonyl (C=O) groups is 1. The highest BCUT2D eigenvalue weighted by atomic mass is 32.2. The van der Waals surface area contributed by atoms with Crippen LogP contribution in [0.4, 0.5) is 0 Å². The highest BCUT2D eigenvalue weighted by Crippen LogP contribution is 2.40. The van der Waals surface area contributed by atoms with Crippen molar-refractivity contribution in [2.75, 3.05) is 31.3 Å². The zero-order valence-corrected chi connectivity index (χ0v) is 13.4. The average molecular weight is 302 g/mol. The van der Waals surface area contributed by atoms with E-state index < -0.39 is 6.29 Å². The van der Waals surface area contributed by atoms with Gasteiger partial charge in [0.25, 0.3) is 0 Å². The molecule has 1 spiro atoms. The molecule has 20 heavy (non-hydrogen) atoms. The normalized spacial score (nSPS) is 26.1. The highest BCUT2D eigenvalue weighted by molar-refractivity contribution is 7.99. The van der Waals surface area contributed by atoms with Gasteiger partial charge in [0.2, 0.25) is 6.29 Å². The SMILES string of the molecule is CCOC(OCC)C(=O)C1CCOC2(CCSCC2)C1. The lowest BCUT2D eigenvalue weighted by Crippen LogP contribution is -2.46. The van der Waals surface area contributed by atoms with E-state index >= 15 is 0 Å². The fourth-order valence-corrected chi connectivity index (χ4v) is 4.31. The Morgan fingerprint density at radius 2 is 1.95 bits per heavy atom. The summed E-state index contributed by atoms with van der Waals surface area (Å²) < 4.78 is 17.0. The van der Waals surface area contributed by atoms with Crippen LogP contribution in [-0.4, -0.2) is 49.0 Å². The molecule has 0 aliphatic carbocycles. The second-order valence-corrected chi connectivity index (χ2v) is 6.70. The Labute approximate surface area is 125 Å². The Hall–Kier alpha value is -0.100. The van der Waals surface area contributed by atoms with Crippen molar-refractivity contribution in [2.24, 2.45) is 5.92 Å². The van der Waals surface area contributed by atoms with Crippen molar-refractivity contribution in [1.82, 2.24) is 0 Å². The number of hydrogen-bond acceptors (Lipinski definition) is 5. The Morgan fingerprint density at radius 3 is 2.55 bits per heavy atom. The van der Waals surface area contributed by atoms with Gasteiger partial charge in [0, 0.05) is 25.7 Å². The molecule has 2 aliphatic heterocycles. The van der Waals surface area contributed by atoms with Crippen LogP contribution in [0.15, 0.2) is 0 Å². The van der Waals surface area contributed by atoms with Crippen molar-refractivity contribution in [3.05, 3.63) is 0 Å². The lowest BCUT2D eigenvalue weighted by molar-refractivity contribution is -0.180. The van der Waals surface area contributed by atoms with E-state index in [-0.39, 0.29) is 17.3 Å². The quantitative estimate of drug-likeness (QED) is 0.706. The maximum absolute atomic E-state index is 12.6. The molecular weight excluding hydrogens is 276 g/mol. The van der Waals surface area contributed by atoms with Gasteiger partial charge in [0.15, 0.2) is 5.78 Å². The zero-order valence-electron chi connectivity index (χ0n) is 12.6. The van der Waals surface area contributed by atoms with Gasteiger partial charge in [-0.1, -0.05) is 0 Å². The summed E-state index contributed by atoms with van der Waals surface area (Å²) in [6.45, 7) is 5.47. The lowest BCUT2D eigenvalue weighted by Gasteiger charge is -2.43. The number of hydrogen-bond donors (Lipinski definition) is 0. The summed E-state index contributed by atoms with van der Waals surface area (Å²) in [5, 5.41) is 0. The van der Waals surface area contributed by atoms with Gasteiger partial charge in [-0.25, -0.2) is 0 Å². The van der Waals surface area contributed by atoms with Crippen molar-refractivity contribution in [3.63, 3.8) is 0 Å². The first-order valence-corrected chi connectivity index (χ1v) is 8.85. The van der Waals surface area contributed by atoms with Crippen LogP contribution in [0.2, 0.25) is 0 Å². The molecule has 0 radical (unpaired) electrons. The Kier molecular flexibility index (Phi) is 6.33. The number of ether oxygens (including phenoxy) is 3. The van der Waals surface area contributed by atoms with Gasteiger partial charge in [-0.3, -0.25) is 4.79 Å². The monoisotopic (exact) mass is 302 g/mol. The molecule has 2 aliphatic rings. The van der Waals surface area contributed by atoms with E-state index in [0.29, 0.717) is 19.8 Å². The topological polar surface area (TPSA) is 44.8 Å². The largest absolute Gasteiger partial charge is 0.375 e. The first-order chi connectivity index (χ1) is 9.71. The van der Waals surface area contributed by atoms with E-state index in [4.69, 9.17) is 14.2 Å². The Bertz CT molecular complexity index is 303. The Morgan fingerprint density at radius 1 is 1.30 bits per heavy atom. The number of ketones is 1. The predicted molar refractivity (Wildman–Crippen MR) is 80.0 cm³/mol. The van der Waals surface area contributed by atoms with Crippen LogP contribution >= 0.6 is 11.8 Å². The fourth-order valence-electron chi connectivity index (χ4n) is 3.07. The summed E-state index contributed by atoms with van der Waals surface area (Å²) >= 11 is 1.98. The summed E-state index contributed by atoms with van der Waals surface area (Å²) in [4.78, 5) is 12.6. The van der Waals surface area contributed by atoms with Crippen molar-refractivity contribution < 1.29 is 19.0 Å². The van der Waals surface area contributed by atoms with Gasteiger partial charge in [-0.15, -0.1) is 0 Å². The van der Waals surface area contributed by atoms with E-state index in [0.717, 1.165) is 37.2 Å². The van der Waals surface area contributed by atoms with Gasteiger partial charge in [0.1, 0.15) is 0 Å². The van der Waals surface area contributed by atoms with E-state index in [1.54, 1.807) is 0 Å². The summed E-state index contributed by atoms with van der Waals surface area (Å²) in [5.41, 5.74) is -0.0627. The van der Waals surface area contributed by atoms with Gasteiger partial charge >= 0.3 is 0 Å². The molecule has 0 aromatic rings. The van der Waals surface area contributed by atoms with Crippen LogP contribution in [0.5, 0.6) is 0 Å². The molecule has 2 rings (SSSR count). The summed E-state index contributed by atoms with van der Waals surface area (Å²) in [6, 6.07) is 0. The van der Waals surface area contributed by atoms with Crippen molar-refractivity contribution in [2.45, 2.75) is 51.4 Å². The minimum Gasteiger partial charge on any atom is -0.375 e.